The maximum Gasteiger partial charge on any atom is 0.126 e. The minimum Gasteiger partial charge on any atom is -0.327 e. The average Bonchev–Trinajstić information content (AvgIpc) is 2.41. The topological polar surface area (TPSA) is 29.3 Å². The van der Waals surface area contributed by atoms with Crippen molar-refractivity contribution >= 4 is 0 Å². The van der Waals surface area contributed by atoms with Gasteiger partial charge in [-0.1, -0.05) is 25.5 Å². The number of rotatable bonds is 3. The summed E-state index contributed by atoms with van der Waals surface area (Å²) in [6.07, 6.45) is 2.16. The van der Waals surface area contributed by atoms with Crippen molar-refractivity contribution in [2.75, 3.05) is 13.1 Å². The highest BCUT2D eigenvalue weighted by atomic mass is 19.1. The molecule has 2 rings (SSSR count). The fourth-order valence-corrected chi connectivity index (χ4v) is 2.94. The Morgan fingerprint density at radius 1 is 1.47 bits per heavy atom. The molecule has 1 aromatic rings. The zero-order valence-electron chi connectivity index (χ0n) is 12.2. The third kappa shape index (κ3) is 3.15. The third-order valence-electron chi connectivity index (χ3n) is 4.57. The van der Waals surface area contributed by atoms with Gasteiger partial charge in [0, 0.05) is 25.2 Å². The molecular formula is C16H25FN2. The van der Waals surface area contributed by atoms with Crippen molar-refractivity contribution in [1.82, 2.24) is 4.90 Å². The van der Waals surface area contributed by atoms with Gasteiger partial charge in [0.05, 0.1) is 0 Å². The lowest BCUT2D eigenvalue weighted by atomic mass is 9.89. The van der Waals surface area contributed by atoms with Crippen molar-refractivity contribution in [3.63, 3.8) is 0 Å². The van der Waals surface area contributed by atoms with Gasteiger partial charge in [-0.3, -0.25) is 4.90 Å². The van der Waals surface area contributed by atoms with Crippen molar-refractivity contribution in [3.8, 4) is 0 Å². The molecule has 2 N–H and O–H groups in total. The van der Waals surface area contributed by atoms with Crippen LogP contribution in [0.25, 0.3) is 0 Å². The van der Waals surface area contributed by atoms with E-state index >= 15 is 0 Å². The molecule has 3 atom stereocenters. The predicted octanol–water partition coefficient (Wildman–Crippen LogP) is 3.25. The molecule has 1 aliphatic heterocycles. The molecule has 0 spiro atoms. The third-order valence-corrected chi connectivity index (χ3v) is 4.57. The molecule has 106 valence electrons. The lowest BCUT2D eigenvalue weighted by Crippen LogP contribution is -2.47. The second-order valence-electron chi connectivity index (χ2n) is 5.80. The Balaban J connectivity index is 2.10. The van der Waals surface area contributed by atoms with Crippen LogP contribution in [0, 0.1) is 18.7 Å². The van der Waals surface area contributed by atoms with E-state index in [1.54, 1.807) is 13.0 Å². The minimum atomic E-state index is -0.106. The molecule has 0 aliphatic carbocycles. The van der Waals surface area contributed by atoms with Crippen LogP contribution in [0.4, 0.5) is 4.39 Å². The molecule has 1 heterocycles. The van der Waals surface area contributed by atoms with Crippen LogP contribution < -0.4 is 5.73 Å². The quantitative estimate of drug-likeness (QED) is 0.908. The zero-order valence-corrected chi connectivity index (χ0v) is 12.2. The summed E-state index contributed by atoms with van der Waals surface area (Å²) in [5.41, 5.74) is 7.92. The molecule has 0 bridgehead atoms. The first-order chi connectivity index (χ1) is 9.02. The number of piperidine rings is 1. The molecule has 2 nitrogen and oxygen atoms in total. The molecular weight excluding hydrogens is 239 g/mol. The summed E-state index contributed by atoms with van der Waals surface area (Å²) in [4.78, 5) is 2.43. The first kappa shape index (κ1) is 14.5. The molecule has 0 aromatic heterocycles. The fraction of sp³-hybridized carbons (Fsp3) is 0.625. The Morgan fingerprint density at radius 2 is 2.21 bits per heavy atom. The lowest BCUT2D eigenvalue weighted by Gasteiger charge is -2.40. The second kappa shape index (κ2) is 6.02. The molecule has 3 unspecified atom stereocenters. The highest BCUT2D eigenvalue weighted by Gasteiger charge is 2.28. The fourth-order valence-electron chi connectivity index (χ4n) is 2.94. The first-order valence-electron chi connectivity index (χ1n) is 7.28. The van der Waals surface area contributed by atoms with Crippen LogP contribution in [0.1, 0.15) is 43.9 Å². The Kier molecular flexibility index (Phi) is 4.58. The van der Waals surface area contributed by atoms with Crippen molar-refractivity contribution in [3.05, 3.63) is 35.1 Å². The van der Waals surface area contributed by atoms with Crippen molar-refractivity contribution in [2.24, 2.45) is 11.7 Å². The summed E-state index contributed by atoms with van der Waals surface area (Å²) in [6, 6.07) is 6.17. The summed E-state index contributed by atoms with van der Waals surface area (Å²) < 4.78 is 13.7. The van der Waals surface area contributed by atoms with Crippen LogP contribution in [0.5, 0.6) is 0 Å². The van der Waals surface area contributed by atoms with Gasteiger partial charge in [0.15, 0.2) is 0 Å². The van der Waals surface area contributed by atoms with E-state index < -0.39 is 0 Å². The summed E-state index contributed by atoms with van der Waals surface area (Å²) in [5.74, 6) is 0.455. The number of aryl methyl sites for hydroxylation is 1. The number of hydrogen-bond acceptors (Lipinski definition) is 2. The smallest absolute Gasteiger partial charge is 0.126 e. The summed E-state index contributed by atoms with van der Waals surface area (Å²) in [6.45, 7) is 8.19. The largest absolute Gasteiger partial charge is 0.327 e. The van der Waals surface area contributed by atoms with E-state index in [4.69, 9.17) is 5.73 Å². The molecule has 1 aromatic carbocycles. The number of nitrogens with two attached hydrogens (primary N) is 1. The Bertz CT molecular complexity index is 433. The lowest BCUT2D eigenvalue weighted by molar-refractivity contribution is 0.114. The average molecular weight is 264 g/mol. The standard InChI is InChI=1S/C16H25FN2/c1-4-13-10-19(8-7-16(13)18)12(3)14-6-5-11(2)15(17)9-14/h5-6,9,12-13,16H,4,7-8,10,18H2,1-3H3. The molecule has 1 aliphatic rings. The second-order valence-corrected chi connectivity index (χ2v) is 5.80. The SMILES string of the molecule is CCC1CN(C(C)c2ccc(C)c(F)c2)CCC1N. The van der Waals surface area contributed by atoms with Gasteiger partial charge in [0.25, 0.3) is 0 Å². The maximum absolute atomic E-state index is 13.7. The van der Waals surface area contributed by atoms with Crippen LogP contribution in [0.3, 0.4) is 0 Å². The Hall–Kier alpha value is -0.930. The van der Waals surface area contributed by atoms with E-state index in [1.165, 1.54) is 0 Å². The summed E-state index contributed by atoms with van der Waals surface area (Å²) in [5, 5.41) is 0. The van der Waals surface area contributed by atoms with Crippen LogP contribution in [0.2, 0.25) is 0 Å². The van der Waals surface area contributed by atoms with Crippen molar-refractivity contribution < 1.29 is 4.39 Å². The summed E-state index contributed by atoms with van der Waals surface area (Å²) >= 11 is 0. The van der Waals surface area contributed by atoms with Gasteiger partial charge in [-0.2, -0.15) is 0 Å². The summed E-state index contributed by atoms with van der Waals surface area (Å²) in [7, 11) is 0. The van der Waals surface area contributed by atoms with E-state index in [0.29, 0.717) is 17.5 Å². The van der Waals surface area contributed by atoms with E-state index in [0.717, 1.165) is 31.5 Å². The van der Waals surface area contributed by atoms with Crippen LogP contribution in [0.15, 0.2) is 18.2 Å². The number of likely N-dealkylation sites (tertiary alicyclic amines) is 1. The Labute approximate surface area is 115 Å². The van der Waals surface area contributed by atoms with Crippen LogP contribution in [-0.4, -0.2) is 24.0 Å². The first-order valence-corrected chi connectivity index (χ1v) is 7.28. The minimum absolute atomic E-state index is 0.106. The molecule has 1 fully saturated rings. The van der Waals surface area contributed by atoms with Crippen molar-refractivity contribution in [2.45, 2.75) is 45.7 Å². The van der Waals surface area contributed by atoms with E-state index in [9.17, 15) is 4.39 Å². The zero-order chi connectivity index (χ0) is 14.0. The number of nitrogens with zero attached hydrogens (tertiary/aromatic N) is 1. The van der Waals surface area contributed by atoms with Crippen molar-refractivity contribution in [1.29, 1.82) is 0 Å². The normalized spacial score (nSPS) is 26.4. The van der Waals surface area contributed by atoms with E-state index in [1.807, 2.05) is 12.1 Å². The van der Waals surface area contributed by atoms with Gasteiger partial charge in [-0.25, -0.2) is 4.39 Å². The monoisotopic (exact) mass is 264 g/mol. The number of hydrogen-bond donors (Lipinski definition) is 1. The predicted molar refractivity (Wildman–Crippen MR) is 77.5 cm³/mol. The highest BCUT2D eigenvalue weighted by Crippen LogP contribution is 2.28. The van der Waals surface area contributed by atoms with Gasteiger partial charge in [0.1, 0.15) is 5.82 Å². The van der Waals surface area contributed by atoms with Gasteiger partial charge in [-0.15, -0.1) is 0 Å². The molecule has 0 saturated carbocycles. The Morgan fingerprint density at radius 3 is 2.84 bits per heavy atom. The molecule has 1 saturated heterocycles. The van der Waals surface area contributed by atoms with E-state index in [2.05, 4.69) is 18.7 Å². The molecule has 0 amide bonds. The van der Waals surface area contributed by atoms with Gasteiger partial charge < -0.3 is 5.73 Å². The molecule has 3 heteroatoms. The van der Waals surface area contributed by atoms with E-state index in [-0.39, 0.29) is 11.9 Å². The maximum atomic E-state index is 13.7. The van der Waals surface area contributed by atoms with Gasteiger partial charge in [-0.05, 0) is 43.4 Å². The highest BCUT2D eigenvalue weighted by molar-refractivity contribution is 5.25. The molecule has 0 radical (unpaired) electrons. The van der Waals surface area contributed by atoms with Crippen LogP contribution in [-0.2, 0) is 0 Å². The van der Waals surface area contributed by atoms with Gasteiger partial charge >= 0.3 is 0 Å². The number of benzene rings is 1. The number of halogens is 1. The van der Waals surface area contributed by atoms with Crippen LogP contribution >= 0.6 is 0 Å². The van der Waals surface area contributed by atoms with Gasteiger partial charge in [0.2, 0.25) is 0 Å². The molecule has 19 heavy (non-hydrogen) atoms.